The summed E-state index contributed by atoms with van der Waals surface area (Å²) in [5.41, 5.74) is 0. The molecule has 0 aliphatic carbocycles. The van der Waals surface area contributed by atoms with Crippen LogP contribution in [0.5, 0.6) is 0 Å². The van der Waals surface area contributed by atoms with Gasteiger partial charge < -0.3 is 4.89 Å². The maximum absolute atomic E-state index is 11.5. The summed E-state index contributed by atoms with van der Waals surface area (Å²) in [6.07, 6.45) is 7.29. The van der Waals surface area contributed by atoms with Gasteiger partial charge in [0.2, 0.25) is 7.37 Å². The molecule has 0 rings (SSSR count). The summed E-state index contributed by atoms with van der Waals surface area (Å²) in [4.78, 5) is 9.52. The van der Waals surface area contributed by atoms with Gasteiger partial charge in [-0.05, 0) is 12.8 Å². The smallest absolute Gasteiger partial charge is 0.200 e. The average molecular weight is 302 g/mol. The molecule has 0 fully saturated rings. The zero-order chi connectivity index (χ0) is 10.2. The van der Waals surface area contributed by atoms with Gasteiger partial charge in [0.05, 0.1) is 0 Å². The fourth-order valence-corrected chi connectivity index (χ4v) is 2.99. The summed E-state index contributed by atoms with van der Waals surface area (Å²) in [6, 6.07) is 0. The van der Waals surface area contributed by atoms with E-state index < -0.39 is 7.37 Å². The monoisotopic (exact) mass is 304 g/mol. The summed E-state index contributed by atoms with van der Waals surface area (Å²) in [5.74, 6) is 0. The minimum Gasteiger partial charge on any atom is -0.344 e. The molecule has 0 heterocycles. The zero-order valence-electron chi connectivity index (χ0n) is 9.37. The fourth-order valence-electron chi connectivity index (χ4n) is 1.33. The van der Waals surface area contributed by atoms with Gasteiger partial charge >= 0.3 is 0 Å². The fraction of sp³-hybridized carbons (Fsp3) is 1.00. The van der Waals surface area contributed by atoms with Crippen molar-refractivity contribution in [3.63, 3.8) is 0 Å². The van der Waals surface area contributed by atoms with Crippen LogP contribution in [-0.4, -0.2) is 17.2 Å². The van der Waals surface area contributed by atoms with Crippen LogP contribution in [-0.2, 0) is 25.6 Å². The van der Waals surface area contributed by atoms with E-state index in [-0.39, 0.29) is 21.1 Å². The van der Waals surface area contributed by atoms with Crippen LogP contribution in [0.1, 0.15) is 52.4 Å². The largest absolute Gasteiger partial charge is 0.344 e. The van der Waals surface area contributed by atoms with Gasteiger partial charge in [-0.15, -0.1) is 0 Å². The molecular weight excluding hydrogens is 279 g/mol. The van der Waals surface area contributed by atoms with Crippen LogP contribution in [0, 0.1) is 0 Å². The Labute approximate surface area is 103 Å². The first-order chi connectivity index (χ1) is 6.12. The Kier molecular flexibility index (Phi) is 12.8. The van der Waals surface area contributed by atoms with Gasteiger partial charge in [-0.1, -0.05) is 39.5 Å². The van der Waals surface area contributed by atoms with Crippen molar-refractivity contribution in [1.82, 2.24) is 0 Å². The molecule has 0 radical (unpaired) electrons. The van der Waals surface area contributed by atoms with Gasteiger partial charge in [-0.25, -0.2) is 0 Å². The second kappa shape index (κ2) is 10.4. The van der Waals surface area contributed by atoms with Gasteiger partial charge in [-0.2, -0.15) is 0 Å². The molecule has 0 saturated carbocycles. The molecule has 2 nitrogen and oxygen atoms in total. The van der Waals surface area contributed by atoms with E-state index in [1.165, 1.54) is 0 Å². The molecule has 0 aliphatic heterocycles. The predicted molar refractivity (Wildman–Crippen MR) is 58.6 cm³/mol. The van der Waals surface area contributed by atoms with Crippen LogP contribution < -0.4 is 0 Å². The van der Waals surface area contributed by atoms with Crippen LogP contribution in [0.3, 0.4) is 0 Å². The Balaban J connectivity index is 0. The van der Waals surface area contributed by atoms with Crippen molar-refractivity contribution in [3.8, 4) is 0 Å². The minimum absolute atomic E-state index is 0. The van der Waals surface area contributed by atoms with Crippen molar-refractivity contribution < 1.29 is 30.5 Å². The molecule has 0 amide bonds. The van der Waals surface area contributed by atoms with E-state index in [1.807, 2.05) is 0 Å². The molecule has 0 bridgehead atoms. The van der Waals surface area contributed by atoms with E-state index in [4.69, 9.17) is 0 Å². The third-order valence-corrected chi connectivity index (χ3v) is 4.25. The Morgan fingerprint density at radius 3 is 1.57 bits per heavy atom. The van der Waals surface area contributed by atoms with Crippen molar-refractivity contribution in [2.24, 2.45) is 0 Å². The predicted octanol–water partition coefficient (Wildman–Crippen LogP) is 3.63. The van der Waals surface area contributed by atoms with Gasteiger partial charge in [0.15, 0.2) is 0 Å². The third kappa shape index (κ3) is 11.0. The van der Waals surface area contributed by atoms with Crippen molar-refractivity contribution in [3.05, 3.63) is 0 Å². The van der Waals surface area contributed by atoms with Crippen LogP contribution in [0.15, 0.2) is 0 Å². The standard InChI is InChI=1S/C10H23O2P.Mo/c1-3-5-7-9-13(11,12)10-8-6-4-2;/h3-10H2,1-2H3,(H,11,12);. The number of unbranched alkanes of at least 4 members (excludes halogenated alkanes) is 4. The molecule has 0 atom stereocenters. The summed E-state index contributed by atoms with van der Waals surface area (Å²) in [5, 5.41) is 0. The summed E-state index contributed by atoms with van der Waals surface area (Å²) in [7, 11) is -2.75. The normalized spacial score (nSPS) is 11.1. The number of hydrogen-bond acceptors (Lipinski definition) is 1. The first-order valence-electron chi connectivity index (χ1n) is 5.43. The Bertz CT molecular complexity index is 148. The van der Waals surface area contributed by atoms with Crippen molar-refractivity contribution in [2.45, 2.75) is 52.4 Å². The molecule has 0 saturated heterocycles. The first-order valence-corrected chi connectivity index (χ1v) is 7.46. The van der Waals surface area contributed by atoms with Crippen LogP contribution >= 0.6 is 7.37 Å². The van der Waals surface area contributed by atoms with E-state index >= 15 is 0 Å². The molecule has 1 N–H and O–H groups in total. The SMILES string of the molecule is CCCCCP(=O)(O)CCCCC.[Mo]. The molecule has 0 spiro atoms. The van der Waals surface area contributed by atoms with E-state index in [2.05, 4.69) is 13.8 Å². The molecule has 0 aromatic heterocycles. The molecule has 4 heteroatoms. The average Bonchev–Trinajstić information content (AvgIpc) is 2.05. The second-order valence-corrected chi connectivity index (χ2v) is 6.29. The molecule has 86 valence electrons. The second-order valence-electron chi connectivity index (χ2n) is 3.71. The maximum Gasteiger partial charge on any atom is 0.200 e. The van der Waals surface area contributed by atoms with E-state index in [9.17, 15) is 9.46 Å². The Morgan fingerprint density at radius 1 is 0.929 bits per heavy atom. The van der Waals surface area contributed by atoms with Crippen LogP contribution in [0.4, 0.5) is 0 Å². The van der Waals surface area contributed by atoms with E-state index in [0.29, 0.717) is 12.3 Å². The van der Waals surface area contributed by atoms with E-state index in [1.54, 1.807) is 0 Å². The molecule has 0 aromatic carbocycles. The zero-order valence-corrected chi connectivity index (χ0v) is 12.3. The van der Waals surface area contributed by atoms with Crippen molar-refractivity contribution >= 4 is 7.37 Å². The van der Waals surface area contributed by atoms with Gasteiger partial charge in [0.25, 0.3) is 0 Å². The Morgan fingerprint density at radius 2 is 1.29 bits per heavy atom. The minimum atomic E-state index is -2.75. The van der Waals surface area contributed by atoms with Crippen molar-refractivity contribution in [1.29, 1.82) is 0 Å². The maximum atomic E-state index is 11.5. The van der Waals surface area contributed by atoms with Crippen LogP contribution in [0.25, 0.3) is 0 Å². The third-order valence-electron chi connectivity index (χ3n) is 2.22. The first kappa shape index (κ1) is 17.3. The van der Waals surface area contributed by atoms with E-state index in [0.717, 1.165) is 38.5 Å². The number of hydrogen-bond donors (Lipinski definition) is 1. The Hall–Kier alpha value is 0.878. The summed E-state index contributed by atoms with van der Waals surface area (Å²) >= 11 is 0. The molecular formula is C10H23MoO2P. The van der Waals surface area contributed by atoms with Gasteiger partial charge in [0.1, 0.15) is 0 Å². The topological polar surface area (TPSA) is 37.3 Å². The van der Waals surface area contributed by atoms with Crippen LogP contribution in [0.2, 0.25) is 0 Å². The quantitative estimate of drug-likeness (QED) is 0.422. The molecule has 0 aromatic rings. The van der Waals surface area contributed by atoms with Gasteiger partial charge in [-0.3, -0.25) is 4.57 Å². The van der Waals surface area contributed by atoms with Crippen molar-refractivity contribution in [2.75, 3.05) is 12.3 Å². The molecule has 0 aliphatic rings. The molecule has 14 heavy (non-hydrogen) atoms. The number of rotatable bonds is 8. The summed E-state index contributed by atoms with van der Waals surface area (Å²) < 4.78 is 11.5. The summed E-state index contributed by atoms with van der Waals surface area (Å²) in [6.45, 7) is 4.22. The molecule has 0 unspecified atom stereocenters. The van der Waals surface area contributed by atoms with Gasteiger partial charge in [0, 0.05) is 33.4 Å².